The highest BCUT2D eigenvalue weighted by molar-refractivity contribution is 5.99. The van der Waals surface area contributed by atoms with Crippen molar-refractivity contribution in [1.29, 1.82) is 0 Å². The normalized spacial score (nSPS) is 12.2. The summed E-state index contributed by atoms with van der Waals surface area (Å²) in [6, 6.07) is 4.08. The Bertz CT molecular complexity index is 777. The zero-order chi connectivity index (χ0) is 22.0. The Morgan fingerprint density at radius 2 is 1.72 bits per heavy atom. The Balaban J connectivity index is 3.09. The number of nitrogens with one attached hydrogen (secondary N) is 2. The summed E-state index contributed by atoms with van der Waals surface area (Å²) in [5.41, 5.74) is 0.395. The average molecular weight is 408 g/mol. The lowest BCUT2D eigenvalue weighted by Gasteiger charge is -2.23. The summed E-state index contributed by atoms with van der Waals surface area (Å²) in [4.78, 5) is 59.5. The van der Waals surface area contributed by atoms with Gasteiger partial charge >= 0.3 is 17.9 Å². The first-order valence-electron chi connectivity index (χ1n) is 8.93. The molecule has 3 N–H and O–H groups in total. The number of hydrogen-bond donors (Lipinski definition) is 3. The quantitative estimate of drug-likeness (QED) is 0.485. The molecule has 0 fully saturated rings. The van der Waals surface area contributed by atoms with Gasteiger partial charge in [0.1, 0.15) is 6.04 Å². The Hall–Kier alpha value is -3.43. The number of carbonyl (C=O) groups is 5. The summed E-state index contributed by atoms with van der Waals surface area (Å²) in [7, 11) is 0. The lowest BCUT2D eigenvalue weighted by Crippen LogP contribution is -2.49. The molecule has 0 aromatic heterocycles. The Labute approximate surface area is 167 Å². The lowest BCUT2D eigenvalue weighted by atomic mass is 9.95. The molecule has 10 nitrogen and oxygen atoms in total. The number of aliphatic carboxylic acids is 1. The Morgan fingerprint density at radius 3 is 2.28 bits per heavy atom. The second kappa shape index (κ2) is 11.4. The number of carboxylic acid groups (broad SMARTS) is 1. The molecule has 0 spiro atoms. The van der Waals surface area contributed by atoms with Crippen LogP contribution in [0.5, 0.6) is 0 Å². The van der Waals surface area contributed by atoms with Crippen LogP contribution in [0.15, 0.2) is 24.3 Å². The predicted octanol–water partition coefficient (Wildman–Crippen LogP) is 0.960. The fourth-order valence-corrected chi connectivity index (χ4v) is 2.49. The minimum absolute atomic E-state index is 0.0306. The van der Waals surface area contributed by atoms with E-state index in [0.29, 0.717) is 5.69 Å². The molecular formula is C19H24N2O8. The van der Waals surface area contributed by atoms with Crippen LogP contribution in [0.1, 0.15) is 37.6 Å². The van der Waals surface area contributed by atoms with Gasteiger partial charge in [-0.1, -0.05) is 6.07 Å². The molecule has 0 aliphatic heterocycles. The maximum absolute atomic E-state index is 12.5. The van der Waals surface area contributed by atoms with Gasteiger partial charge in [-0.2, -0.15) is 0 Å². The summed E-state index contributed by atoms with van der Waals surface area (Å²) >= 11 is 0. The van der Waals surface area contributed by atoms with Gasteiger partial charge in [0.25, 0.3) is 5.91 Å². The van der Waals surface area contributed by atoms with Crippen molar-refractivity contribution in [2.75, 3.05) is 18.5 Å². The molecule has 0 unspecified atom stereocenters. The number of esters is 2. The van der Waals surface area contributed by atoms with E-state index in [0.717, 1.165) is 0 Å². The minimum Gasteiger partial charge on any atom is -0.480 e. The van der Waals surface area contributed by atoms with Crippen molar-refractivity contribution in [3.63, 3.8) is 0 Å². The van der Waals surface area contributed by atoms with Crippen molar-refractivity contribution in [2.45, 2.75) is 33.2 Å². The van der Waals surface area contributed by atoms with Crippen molar-refractivity contribution in [3.05, 3.63) is 29.8 Å². The highest BCUT2D eigenvalue weighted by atomic mass is 16.5. The fraction of sp³-hybridized carbons (Fsp3) is 0.421. The molecule has 1 aromatic carbocycles. The summed E-state index contributed by atoms with van der Waals surface area (Å²) in [5.74, 6) is -5.88. The first-order chi connectivity index (χ1) is 13.7. The van der Waals surface area contributed by atoms with E-state index in [4.69, 9.17) is 9.47 Å². The zero-order valence-corrected chi connectivity index (χ0v) is 16.4. The molecule has 158 valence electrons. The van der Waals surface area contributed by atoms with E-state index in [1.807, 2.05) is 0 Å². The Morgan fingerprint density at radius 1 is 1.07 bits per heavy atom. The van der Waals surface area contributed by atoms with Crippen LogP contribution >= 0.6 is 0 Å². The molecule has 0 saturated heterocycles. The van der Waals surface area contributed by atoms with E-state index < -0.39 is 42.2 Å². The number of carboxylic acids is 1. The van der Waals surface area contributed by atoms with Crippen molar-refractivity contribution in [2.24, 2.45) is 5.92 Å². The van der Waals surface area contributed by atoms with Crippen LogP contribution in [0.4, 0.5) is 5.69 Å². The molecule has 0 saturated carbocycles. The Kier molecular flexibility index (Phi) is 9.30. The van der Waals surface area contributed by atoms with E-state index in [2.05, 4.69) is 10.6 Å². The molecule has 0 heterocycles. The summed E-state index contributed by atoms with van der Waals surface area (Å²) in [6.45, 7) is 4.41. The van der Waals surface area contributed by atoms with Crippen LogP contribution < -0.4 is 10.6 Å². The van der Waals surface area contributed by atoms with E-state index in [1.165, 1.54) is 32.0 Å². The monoisotopic (exact) mass is 408 g/mol. The number of benzene rings is 1. The van der Waals surface area contributed by atoms with E-state index in [9.17, 15) is 29.1 Å². The fourth-order valence-electron chi connectivity index (χ4n) is 2.49. The minimum atomic E-state index is -1.73. The predicted molar refractivity (Wildman–Crippen MR) is 101 cm³/mol. The largest absolute Gasteiger partial charge is 0.480 e. The number of hydrogen-bond acceptors (Lipinski definition) is 7. The summed E-state index contributed by atoms with van der Waals surface area (Å²) in [6.07, 6.45) is -0.574. The van der Waals surface area contributed by atoms with Crippen LogP contribution in [0.25, 0.3) is 0 Å². The molecule has 0 aliphatic rings. The maximum Gasteiger partial charge on any atom is 0.327 e. The van der Waals surface area contributed by atoms with Crippen molar-refractivity contribution in [3.8, 4) is 0 Å². The summed E-state index contributed by atoms with van der Waals surface area (Å²) < 4.78 is 9.64. The van der Waals surface area contributed by atoms with Gasteiger partial charge in [0, 0.05) is 18.2 Å². The van der Waals surface area contributed by atoms with Crippen LogP contribution in [-0.4, -0.2) is 54.1 Å². The van der Waals surface area contributed by atoms with E-state index >= 15 is 0 Å². The van der Waals surface area contributed by atoms with Crippen molar-refractivity contribution >= 4 is 35.4 Å². The second-order valence-electron chi connectivity index (χ2n) is 5.92. The van der Waals surface area contributed by atoms with Gasteiger partial charge in [0.15, 0.2) is 0 Å². The van der Waals surface area contributed by atoms with E-state index in [-0.39, 0.29) is 24.7 Å². The van der Waals surface area contributed by atoms with Gasteiger partial charge in [-0.15, -0.1) is 0 Å². The second-order valence-corrected chi connectivity index (χ2v) is 5.92. The molecule has 0 aliphatic carbocycles. The molecular weight excluding hydrogens is 384 g/mol. The van der Waals surface area contributed by atoms with Crippen molar-refractivity contribution < 1.29 is 38.6 Å². The lowest BCUT2D eigenvalue weighted by molar-refractivity contribution is -0.159. The molecule has 2 amide bonds. The SMILES string of the molecule is CCOC(=O)C[C@H](C(=O)OCC)[C@@H](NC(=O)c1cccc(NC(C)=O)c1)C(=O)O. The smallest absolute Gasteiger partial charge is 0.327 e. The number of amides is 2. The highest BCUT2D eigenvalue weighted by Gasteiger charge is 2.38. The molecule has 29 heavy (non-hydrogen) atoms. The first kappa shape index (κ1) is 23.6. The number of rotatable bonds is 10. The van der Waals surface area contributed by atoms with Crippen molar-refractivity contribution in [1.82, 2.24) is 5.32 Å². The van der Waals surface area contributed by atoms with Gasteiger partial charge in [-0.25, -0.2) is 4.79 Å². The molecule has 0 bridgehead atoms. The third-order valence-electron chi connectivity index (χ3n) is 3.68. The maximum atomic E-state index is 12.5. The van der Waals surface area contributed by atoms with E-state index in [1.54, 1.807) is 13.0 Å². The van der Waals surface area contributed by atoms with Gasteiger partial charge in [0.2, 0.25) is 5.91 Å². The van der Waals surface area contributed by atoms with Crippen LogP contribution in [0, 0.1) is 5.92 Å². The van der Waals surface area contributed by atoms with Crippen LogP contribution in [-0.2, 0) is 28.7 Å². The van der Waals surface area contributed by atoms with Gasteiger partial charge in [0.05, 0.1) is 25.6 Å². The standard InChI is InChI=1S/C19H24N2O8/c1-4-28-15(23)10-14(19(27)29-5-2)16(18(25)26)21-17(24)12-7-6-8-13(9-12)20-11(3)22/h6-9,14,16H,4-5,10H2,1-3H3,(H,20,22)(H,21,24)(H,25,26)/t14-,16+/m0/s1. The number of carbonyl (C=O) groups excluding carboxylic acids is 4. The topological polar surface area (TPSA) is 148 Å². The number of ether oxygens (including phenoxy) is 2. The average Bonchev–Trinajstić information content (AvgIpc) is 2.64. The highest BCUT2D eigenvalue weighted by Crippen LogP contribution is 2.16. The number of anilines is 1. The van der Waals surface area contributed by atoms with Crippen LogP contribution in [0.3, 0.4) is 0 Å². The third kappa shape index (κ3) is 7.60. The molecule has 2 atom stereocenters. The van der Waals surface area contributed by atoms with Gasteiger partial charge < -0.3 is 25.2 Å². The molecule has 10 heteroatoms. The molecule has 1 aromatic rings. The third-order valence-corrected chi connectivity index (χ3v) is 3.68. The molecule has 0 radical (unpaired) electrons. The zero-order valence-electron chi connectivity index (χ0n) is 16.4. The molecule has 1 rings (SSSR count). The van der Waals surface area contributed by atoms with Gasteiger partial charge in [-0.3, -0.25) is 19.2 Å². The summed E-state index contributed by atoms with van der Waals surface area (Å²) in [5, 5.41) is 14.3. The van der Waals surface area contributed by atoms with Crippen LogP contribution in [0.2, 0.25) is 0 Å². The first-order valence-corrected chi connectivity index (χ1v) is 8.93. The van der Waals surface area contributed by atoms with Gasteiger partial charge in [-0.05, 0) is 32.0 Å².